The van der Waals surface area contributed by atoms with Crippen molar-refractivity contribution >= 4 is 17.6 Å². The van der Waals surface area contributed by atoms with Crippen LogP contribution >= 0.6 is 0 Å². The molecule has 1 fully saturated rings. The molecule has 0 spiro atoms. The van der Waals surface area contributed by atoms with Crippen LogP contribution in [-0.2, 0) is 18.9 Å². The van der Waals surface area contributed by atoms with Crippen molar-refractivity contribution in [2.24, 2.45) is 14.1 Å². The number of amides is 2. The molecule has 0 aliphatic carbocycles. The van der Waals surface area contributed by atoms with Gasteiger partial charge in [-0.25, -0.2) is 0 Å². The van der Waals surface area contributed by atoms with E-state index in [0.29, 0.717) is 18.1 Å². The van der Waals surface area contributed by atoms with Gasteiger partial charge in [-0.1, -0.05) is 6.42 Å². The van der Waals surface area contributed by atoms with E-state index >= 15 is 0 Å². The SMILES string of the molecule is CNC(=O)c1ccc(C2CCCCN2CC(=O)Nc2cc(C)nn2C)n1C. The predicted molar refractivity (Wildman–Crippen MR) is 104 cm³/mol. The molecule has 0 saturated carbocycles. The Hall–Kier alpha value is -2.61. The molecule has 27 heavy (non-hydrogen) atoms. The third-order valence-electron chi connectivity index (χ3n) is 5.19. The third-order valence-corrected chi connectivity index (χ3v) is 5.19. The van der Waals surface area contributed by atoms with E-state index in [1.165, 1.54) is 0 Å². The Labute approximate surface area is 159 Å². The maximum Gasteiger partial charge on any atom is 0.267 e. The minimum atomic E-state index is -0.101. The summed E-state index contributed by atoms with van der Waals surface area (Å²) in [4.78, 5) is 26.8. The van der Waals surface area contributed by atoms with Crippen molar-refractivity contribution in [2.45, 2.75) is 32.2 Å². The van der Waals surface area contributed by atoms with E-state index < -0.39 is 0 Å². The van der Waals surface area contributed by atoms with Crippen LogP contribution in [0.2, 0.25) is 0 Å². The molecule has 146 valence electrons. The maximum atomic E-state index is 12.6. The molecule has 8 heteroatoms. The van der Waals surface area contributed by atoms with Crippen molar-refractivity contribution in [3.8, 4) is 0 Å². The van der Waals surface area contributed by atoms with Crippen molar-refractivity contribution in [1.82, 2.24) is 24.6 Å². The number of nitrogens with zero attached hydrogens (tertiary/aromatic N) is 4. The molecule has 3 rings (SSSR count). The lowest BCUT2D eigenvalue weighted by atomic mass is 9.99. The molecule has 2 amide bonds. The topological polar surface area (TPSA) is 84.2 Å². The van der Waals surface area contributed by atoms with Crippen LogP contribution in [0.15, 0.2) is 18.2 Å². The fraction of sp³-hybridized carbons (Fsp3) is 0.526. The highest BCUT2D eigenvalue weighted by molar-refractivity contribution is 5.93. The molecular formula is C19H28N6O2. The summed E-state index contributed by atoms with van der Waals surface area (Å²) < 4.78 is 3.61. The first kappa shape index (κ1) is 19.2. The van der Waals surface area contributed by atoms with E-state index in [1.807, 2.05) is 43.8 Å². The van der Waals surface area contributed by atoms with Crippen LogP contribution < -0.4 is 10.6 Å². The zero-order valence-corrected chi connectivity index (χ0v) is 16.5. The van der Waals surface area contributed by atoms with Gasteiger partial charge in [0.05, 0.1) is 18.3 Å². The van der Waals surface area contributed by atoms with Crippen LogP contribution in [0.1, 0.15) is 47.2 Å². The van der Waals surface area contributed by atoms with E-state index in [0.717, 1.165) is 37.2 Å². The zero-order chi connectivity index (χ0) is 19.6. The number of hydrogen-bond donors (Lipinski definition) is 2. The van der Waals surface area contributed by atoms with Crippen molar-refractivity contribution in [1.29, 1.82) is 0 Å². The van der Waals surface area contributed by atoms with Crippen LogP contribution in [-0.4, -0.2) is 51.2 Å². The highest BCUT2D eigenvalue weighted by Gasteiger charge is 2.28. The summed E-state index contributed by atoms with van der Waals surface area (Å²) in [5, 5.41) is 9.88. The quantitative estimate of drug-likeness (QED) is 0.835. The van der Waals surface area contributed by atoms with Crippen LogP contribution in [0.3, 0.4) is 0 Å². The molecule has 0 aromatic carbocycles. The van der Waals surface area contributed by atoms with Gasteiger partial charge in [0.25, 0.3) is 5.91 Å². The van der Waals surface area contributed by atoms with Gasteiger partial charge in [-0.3, -0.25) is 19.2 Å². The van der Waals surface area contributed by atoms with Gasteiger partial charge < -0.3 is 15.2 Å². The Bertz CT molecular complexity index is 837. The van der Waals surface area contributed by atoms with Gasteiger partial charge in [-0.05, 0) is 38.4 Å². The van der Waals surface area contributed by atoms with E-state index in [4.69, 9.17) is 0 Å². The molecule has 1 aliphatic heterocycles. The summed E-state index contributed by atoms with van der Waals surface area (Å²) in [5.41, 5.74) is 2.57. The number of aromatic nitrogens is 3. The summed E-state index contributed by atoms with van der Waals surface area (Å²) in [5.74, 6) is 0.549. The highest BCUT2D eigenvalue weighted by atomic mass is 16.2. The molecule has 1 atom stereocenters. The number of aryl methyl sites for hydroxylation is 2. The van der Waals surface area contributed by atoms with Crippen LogP contribution in [0, 0.1) is 6.92 Å². The molecule has 0 bridgehead atoms. The van der Waals surface area contributed by atoms with Crippen LogP contribution in [0.5, 0.6) is 0 Å². The van der Waals surface area contributed by atoms with Crippen LogP contribution in [0.25, 0.3) is 0 Å². The number of hydrogen-bond acceptors (Lipinski definition) is 4. The second-order valence-electron chi connectivity index (χ2n) is 7.11. The van der Waals surface area contributed by atoms with E-state index in [-0.39, 0.29) is 17.9 Å². The van der Waals surface area contributed by atoms with E-state index in [9.17, 15) is 9.59 Å². The molecule has 1 aliphatic rings. The minimum absolute atomic E-state index is 0.0503. The third kappa shape index (κ3) is 4.05. The Balaban J connectivity index is 1.74. The fourth-order valence-electron chi connectivity index (χ4n) is 3.83. The molecule has 0 radical (unpaired) electrons. The number of rotatable bonds is 5. The minimum Gasteiger partial charge on any atom is -0.354 e. The van der Waals surface area contributed by atoms with Crippen molar-refractivity contribution < 1.29 is 9.59 Å². The lowest BCUT2D eigenvalue weighted by Crippen LogP contribution is -2.40. The van der Waals surface area contributed by atoms with Gasteiger partial charge in [0.15, 0.2) is 0 Å². The number of anilines is 1. The lowest BCUT2D eigenvalue weighted by Gasteiger charge is -2.35. The molecule has 2 aromatic rings. The zero-order valence-electron chi connectivity index (χ0n) is 16.5. The van der Waals surface area contributed by atoms with Gasteiger partial charge in [0, 0.05) is 32.9 Å². The number of nitrogens with one attached hydrogen (secondary N) is 2. The maximum absolute atomic E-state index is 12.6. The summed E-state index contributed by atoms with van der Waals surface area (Å²) >= 11 is 0. The monoisotopic (exact) mass is 372 g/mol. The normalized spacial score (nSPS) is 17.7. The fourth-order valence-corrected chi connectivity index (χ4v) is 3.83. The highest BCUT2D eigenvalue weighted by Crippen LogP contribution is 2.31. The van der Waals surface area contributed by atoms with E-state index in [2.05, 4.69) is 20.6 Å². The first-order chi connectivity index (χ1) is 12.9. The molecule has 3 heterocycles. The Morgan fingerprint density at radius 3 is 2.70 bits per heavy atom. The second kappa shape index (κ2) is 7.96. The molecule has 2 N–H and O–H groups in total. The Morgan fingerprint density at radius 2 is 2.04 bits per heavy atom. The van der Waals surface area contributed by atoms with Crippen molar-refractivity contribution in [3.63, 3.8) is 0 Å². The molecule has 1 unspecified atom stereocenters. The van der Waals surface area contributed by atoms with Gasteiger partial charge in [0.2, 0.25) is 5.91 Å². The second-order valence-corrected chi connectivity index (χ2v) is 7.11. The summed E-state index contributed by atoms with van der Waals surface area (Å²) in [7, 11) is 5.36. The first-order valence-electron chi connectivity index (χ1n) is 9.33. The van der Waals surface area contributed by atoms with Gasteiger partial charge in [0.1, 0.15) is 11.5 Å². The van der Waals surface area contributed by atoms with Gasteiger partial charge in [-0.15, -0.1) is 0 Å². The number of likely N-dealkylation sites (tertiary alicyclic amines) is 1. The van der Waals surface area contributed by atoms with E-state index in [1.54, 1.807) is 11.7 Å². The largest absolute Gasteiger partial charge is 0.354 e. The smallest absolute Gasteiger partial charge is 0.267 e. The standard InChI is InChI=1S/C19H28N6O2/c1-13-11-17(24(4)22-13)21-18(26)12-25-10-6-5-7-15(25)14-8-9-16(23(14)3)19(27)20-2/h8-9,11,15H,5-7,10,12H2,1-4H3,(H,20,27)(H,21,26). The lowest BCUT2D eigenvalue weighted by molar-refractivity contribution is -0.118. The summed E-state index contributed by atoms with van der Waals surface area (Å²) in [6.07, 6.45) is 3.16. The van der Waals surface area contributed by atoms with Gasteiger partial charge >= 0.3 is 0 Å². The first-order valence-corrected chi connectivity index (χ1v) is 9.33. The number of piperidine rings is 1. The number of carbonyl (C=O) groups excluding carboxylic acids is 2. The Kier molecular flexibility index (Phi) is 5.65. The predicted octanol–water partition coefficient (Wildman–Crippen LogP) is 1.59. The molecular weight excluding hydrogens is 344 g/mol. The van der Waals surface area contributed by atoms with Crippen molar-refractivity contribution in [3.05, 3.63) is 35.3 Å². The molecule has 1 saturated heterocycles. The summed E-state index contributed by atoms with van der Waals surface area (Å²) in [6.45, 7) is 3.08. The Morgan fingerprint density at radius 1 is 1.26 bits per heavy atom. The molecule has 8 nitrogen and oxygen atoms in total. The number of carbonyl (C=O) groups is 2. The van der Waals surface area contributed by atoms with Gasteiger partial charge in [-0.2, -0.15) is 5.10 Å². The molecule has 2 aromatic heterocycles. The average molecular weight is 372 g/mol. The van der Waals surface area contributed by atoms with Crippen LogP contribution in [0.4, 0.5) is 5.82 Å². The average Bonchev–Trinajstić information content (AvgIpc) is 3.16. The summed E-state index contributed by atoms with van der Waals surface area (Å²) in [6, 6.07) is 5.83. The van der Waals surface area contributed by atoms with Crippen molar-refractivity contribution in [2.75, 3.05) is 25.5 Å².